The van der Waals surface area contributed by atoms with Gasteiger partial charge in [-0.05, 0) is 32.6 Å². The Bertz CT molecular complexity index is 147. The molecule has 1 aliphatic rings. The number of piperidine rings is 1. The molecule has 1 nitrogen and oxygen atoms in total. The summed E-state index contributed by atoms with van der Waals surface area (Å²) in [7, 11) is 0. The van der Waals surface area contributed by atoms with Gasteiger partial charge in [0.15, 0.2) is 0 Å². The molecule has 1 N–H and O–H groups in total. The summed E-state index contributed by atoms with van der Waals surface area (Å²) in [6.45, 7) is 10.7. The molecule has 0 radical (unpaired) electrons. The van der Waals surface area contributed by atoms with E-state index in [9.17, 15) is 0 Å². The van der Waals surface area contributed by atoms with Crippen molar-refractivity contribution >= 4 is 0 Å². The van der Waals surface area contributed by atoms with E-state index in [0.29, 0.717) is 0 Å². The van der Waals surface area contributed by atoms with Crippen molar-refractivity contribution in [3.05, 3.63) is 12.3 Å². The number of allylic oxidation sites excluding steroid dienone is 1. The van der Waals surface area contributed by atoms with Crippen LogP contribution in [0.15, 0.2) is 12.3 Å². The number of nitrogens with one attached hydrogen (secondary N) is 1. The van der Waals surface area contributed by atoms with E-state index >= 15 is 0 Å². The van der Waals surface area contributed by atoms with E-state index in [-0.39, 0.29) is 5.54 Å². The Morgan fingerprint density at radius 1 is 1.60 bits per heavy atom. The van der Waals surface area contributed by atoms with E-state index in [1.54, 1.807) is 0 Å². The standard InChI is InChI=1S/C9H17N/c1-7-5-8(2)10-9(3,4)6-7/h7,10H,2,5-6H2,1,3-4H3. The van der Waals surface area contributed by atoms with Crippen molar-refractivity contribution in [1.82, 2.24) is 5.32 Å². The van der Waals surface area contributed by atoms with Crippen molar-refractivity contribution in [3.63, 3.8) is 0 Å². The number of hydrogen-bond donors (Lipinski definition) is 1. The highest BCUT2D eigenvalue weighted by Crippen LogP contribution is 2.27. The van der Waals surface area contributed by atoms with Crippen LogP contribution in [-0.4, -0.2) is 5.54 Å². The second kappa shape index (κ2) is 2.30. The normalized spacial score (nSPS) is 31.5. The molecule has 0 saturated carbocycles. The molecule has 0 aromatic carbocycles. The van der Waals surface area contributed by atoms with Crippen LogP contribution in [0, 0.1) is 5.92 Å². The van der Waals surface area contributed by atoms with Crippen molar-refractivity contribution in [2.24, 2.45) is 5.92 Å². The largest absolute Gasteiger partial charge is 0.384 e. The van der Waals surface area contributed by atoms with Crippen LogP contribution in [0.2, 0.25) is 0 Å². The van der Waals surface area contributed by atoms with Crippen LogP contribution >= 0.6 is 0 Å². The lowest BCUT2D eigenvalue weighted by Gasteiger charge is -2.37. The molecule has 0 aromatic heterocycles. The molecule has 0 amide bonds. The summed E-state index contributed by atoms with van der Waals surface area (Å²) in [6.07, 6.45) is 2.40. The van der Waals surface area contributed by atoms with Gasteiger partial charge in [-0.15, -0.1) is 0 Å². The molecular formula is C9H17N. The van der Waals surface area contributed by atoms with E-state index in [4.69, 9.17) is 0 Å². The molecule has 0 aliphatic carbocycles. The average molecular weight is 139 g/mol. The molecule has 1 saturated heterocycles. The first-order valence-corrected chi connectivity index (χ1v) is 3.95. The Labute approximate surface area is 63.5 Å². The summed E-state index contributed by atoms with van der Waals surface area (Å²) in [6, 6.07) is 0. The summed E-state index contributed by atoms with van der Waals surface area (Å²) >= 11 is 0. The molecule has 1 heterocycles. The lowest BCUT2D eigenvalue weighted by atomic mass is 9.84. The zero-order chi connectivity index (χ0) is 7.78. The fraction of sp³-hybridized carbons (Fsp3) is 0.778. The Morgan fingerprint density at radius 2 is 2.20 bits per heavy atom. The molecule has 1 heteroatoms. The third-order valence-electron chi connectivity index (χ3n) is 1.97. The maximum atomic E-state index is 3.95. The van der Waals surface area contributed by atoms with E-state index in [1.165, 1.54) is 12.1 Å². The van der Waals surface area contributed by atoms with Gasteiger partial charge in [0.25, 0.3) is 0 Å². The van der Waals surface area contributed by atoms with Crippen LogP contribution in [0.5, 0.6) is 0 Å². The second-order valence-corrected chi connectivity index (χ2v) is 4.13. The van der Waals surface area contributed by atoms with Gasteiger partial charge in [0.1, 0.15) is 0 Å². The molecule has 1 rings (SSSR count). The zero-order valence-electron chi connectivity index (χ0n) is 7.20. The lowest BCUT2D eigenvalue weighted by molar-refractivity contribution is 0.280. The van der Waals surface area contributed by atoms with Crippen molar-refractivity contribution in [3.8, 4) is 0 Å². The summed E-state index contributed by atoms with van der Waals surface area (Å²) in [4.78, 5) is 0. The first-order chi connectivity index (χ1) is 4.49. The third-order valence-corrected chi connectivity index (χ3v) is 1.97. The molecule has 58 valence electrons. The Hall–Kier alpha value is -0.460. The smallest absolute Gasteiger partial charge is 0.0317 e. The third kappa shape index (κ3) is 1.76. The molecular weight excluding hydrogens is 122 g/mol. The number of hydrogen-bond acceptors (Lipinski definition) is 1. The van der Waals surface area contributed by atoms with E-state index in [1.807, 2.05) is 0 Å². The van der Waals surface area contributed by atoms with Gasteiger partial charge in [0.2, 0.25) is 0 Å². The Balaban J connectivity index is 2.59. The summed E-state index contributed by atoms with van der Waals surface area (Å²) in [5, 5.41) is 3.39. The lowest BCUT2D eigenvalue weighted by Crippen LogP contribution is -2.43. The quantitative estimate of drug-likeness (QED) is 0.543. The molecule has 1 fully saturated rings. The van der Waals surface area contributed by atoms with E-state index < -0.39 is 0 Å². The van der Waals surface area contributed by atoms with Gasteiger partial charge in [0.05, 0.1) is 0 Å². The predicted octanol–water partition coefficient (Wildman–Crippen LogP) is 2.30. The maximum Gasteiger partial charge on any atom is 0.0317 e. The zero-order valence-corrected chi connectivity index (χ0v) is 7.20. The highest BCUT2D eigenvalue weighted by molar-refractivity contribution is 5.03. The van der Waals surface area contributed by atoms with Crippen molar-refractivity contribution in [2.45, 2.75) is 39.2 Å². The molecule has 10 heavy (non-hydrogen) atoms. The maximum absolute atomic E-state index is 3.95. The SMILES string of the molecule is C=C1CC(C)CC(C)(C)N1. The van der Waals surface area contributed by atoms with Crippen LogP contribution < -0.4 is 5.32 Å². The monoisotopic (exact) mass is 139 g/mol. The topological polar surface area (TPSA) is 12.0 Å². The van der Waals surface area contributed by atoms with Gasteiger partial charge in [0, 0.05) is 11.2 Å². The summed E-state index contributed by atoms with van der Waals surface area (Å²) < 4.78 is 0. The van der Waals surface area contributed by atoms with Gasteiger partial charge >= 0.3 is 0 Å². The Morgan fingerprint density at radius 3 is 2.60 bits per heavy atom. The predicted molar refractivity (Wildman–Crippen MR) is 44.8 cm³/mol. The molecule has 1 aliphatic heterocycles. The molecule has 0 bridgehead atoms. The average Bonchev–Trinajstić information content (AvgIpc) is 1.54. The minimum Gasteiger partial charge on any atom is -0.384 e. The fourth-order valence-electron chi connectivity index (χ4n) is 1.94. The minimum atomic E-state index is 0.273. The van der Waals surface area contributed by atoms with Crippen LogP contribution in [0.4, 0.5) is 0 Å². The Kier molecular flexibility index (Phi) is 1.76. The van der Waals surface area contributed by atoms with Crippen molar-refractivity contribution in [1.29, 1.82) is 0 Å². The van der Waals surface area contributed by atoms with Crippen molar-refractivity contribution in [2.75, 3.05) is 0 Å². The van der Waals surface area contributed by atoms with Crippen LogP contribution in [0.25, 0.3) is 0 Å². The highest BCUT2D eigenvalue weighted by Gasteiger charge is 2.26. The molecule has 1 unspecified atom stereocenters. The first-order valence-electron chi connectivity index (χ1n) is 3.95. The fourth-order valence-corrected chi connectivity index (χ4v) is 1.94. The second-order valence-electron chi connectivity index (χ2n) is 4.13. The molecule has 1 atom stereocenters. The summed E-state index contributed by atoms with van der Waals surface area (Å²) in [5.41, 5.74) is 1.47. The first kappa shape index (κ1) is 7.64. The number of rotatable bonds is 0. The van der Waals surface area contributed by atoms with Crippen LogP contribution in [-0.2, 0) is 0 Å². The molecule has 0 spiro atoms. The van der Waals surface area contributed by atoms with E-state index in [0.717, 1.165) is 12.3 Å². The van der Waals surface area contributed by atoms with Gasteiger partial charge in [-0.25, -0.2) is 0 Å². The minimum absolute atomic E-state index is 0.273. The van der Waals surface area contributed by atoms with Gasteiger partial charge in [-0.1, -0.05) is 13.5 Å². The van der Waals surface area contributed by atoms with Crippen LogP contribution in [0.1, 0.15) is 33.6 Å². The van der Waals surface area contributed by atoms with Gasteiger partial charge < -0.3 is 5.32 Å². The van der Waals surface area contributed by atoms with Crippen LogP contribution in [0.3, 0.4) is 0 Å². The highest BCUT2D eigenvalue weighted by atomic mass is 15.0. The van der Waals surface area contributed by atoms with Gasteiger partial charge in [-0.3, -0.25) is 0 Å². The van der Waals surface area contributed by atoms with Crippen molar-refractivity contribution < 1.29 is 0 Å². The van der Waals surface area contributed by atoms with Gasteiger partial charge in [-0.2, -0.15) is 0 Å². The van der Waals surface area contributed by atoms with E-state index in [2.05, 4.69) is 32.7 Å². The summed E-state index contributed by atoms with van der Waals surface area (Å²) in [5.74, 6) is 0.795. The molecule has 0 aromatic rings.